The molecule has 18 heavy (non-hydrogen) atoms. The number of unbranched alkanes of at least 4 members (excludes halogenated alkanes) is 2. The van der Waals surface area contributed by atoms with Crippen LogP contribution in [-0.2, 0) is 4.79 Å². The second kappa shape index (κ2) is 5.31. The van der Waals surface area contributed by atoms with Crippen LogP contribution in [0, 0.1) is 6.92 Å². The van der Waals surface area contributed by atoms with Gasteiger partial charge >= 0.3 is 0 Å². The summed E-state index contributed by atoms with van der Waals surface area (Å²) < 4.78 is 0. The molecule has 0 saturated carbocycles. The van der Waals surface area contributed by atoms with E-state index in [4.69, 9.17) is 5.11 Å². The Labute approximate surface area is 106 Å². The number of amides is 1. The van der Waals surface area contributed by atoms with Crippen LogP contribution in [0.15, 0.2) is 18.2 Å². The number of aliphatic hydroxyl groups is 1. The van der Waals surface area contributed by atoms with Crippen LogP contribution in [0.3, 0.4) is 0 Å². The maximum absolute atomic E-state index is 11.9. The number of nitrogens with zero attached hydrogens (tertiary/aromatic N) is 1. The van der Waals surface area contributed by atoms with Gasteiger partial charge in [0.2, 0.25) is 0 Å². The third-order valence-electron chi connectivity index (χ3n) is 3.17. The fourth-order valence-electron chi connectivity index (χ4n) is 2.19. The van der Waals surface area contributed by atoms with E-state index >= 15 is 0 Å². The van der Waals surface area contributed by atoms with Crippen molar-refractivity contribution in [1.82, 2.24) is 0 Å². The first kappa shape index (κ1) is 12.8. The monoisotopic (exact) mass is 247 g/mol. The standard InChI is InChI=1S/C14H17NO3/c1-10-5-6-12-11(9-10)13(17)14(18)15(12)7-3-2-4-8-16/h5-6,9,16H,2-4,7-8H2,1H3. The Bertz CT molecular complexity index is 482. The molecule has 1 aliphatic heterocycles. The van der Waals surface area contributed by atoms with Crippen LogP contribution in [0.5, 0.6) is 0 Å². The molecule has 1 amide bonds. The van der Waals surface area contributed by atoms with E-state index in [1.54, 1.807) is 11.0 Å². The Morgan fingerprint density at radius 3 is 2.67 bits per heavy atom. The van der Waals surface area contributed by atoms with Crippen LogP contribution < -0.4 is 4.90 Å². The summed E-state index contributed by atoms with van der Waals surface area (Å²) in [7, 11) is 0. The first-order chi connectivity index (χ1) is 8.65. The number of carbonyl (C=O) groups excluding carboxylic acids is 2. The van der Waals surface area contributed by atoms with E-state index in [0.29, 0.717) is 12.1 Å². The number of Topliss-reactive ketones (excluding diaryl/α,β-unsaturated/α-hetero) is 1. The highest BCUT2D eigenvalue weighted by atomic mass is 16.3. The van der Waals surface area contributed by atoms with Crippen LogP contribution in [0.2, 0.25) is 0 Å². The largest absolute Gasteiger partial charge is 0.396 e. The lowest BCUT2D eigenvalue weighted by Crippen LogP contribution is -2.30. The molecule has 0 spiro atoms. The molecule has 1 aliphatic rings. The van der Waals surface area contributed by atoms with E-state index in [1.807, 2.05) is 19.1 Å². The van der Waals surface area contributed by atoms with Crippen molar-refractivity contribution in [1.29, 1.82) is 0 Å². The van der Waals surface area contributed by atoms with Gasteiger partial charge in [-0.1, -0.05) is 11.6 Å². The molecule has 0 atom stereocenters. The van der Waals surface area contributed by atoms with Crippen molar-refractivity contribution in [3.05, 3.63) is 29.3 Å². The number of rotatable bonds is 5. The minimum atomic E-state index is -0.431. The van der Waals surface area contributed by atoms with Crippen LogP contribution in [-0.4, -0.2) is 29.9 Å². The molecule has 4 heteroatoms. The Morgan fingerprint density at radius 2 is 1.94 bits per heavy atom. The van der Waals surface area contributed by atoms with Crippen molar-refractivity contribution in [2.45, 2.75) is 26.2 Å². The number of benzene rings is 1. The quantitative estimate of drug-likeness (QED) is 0.636. The Balaban J connectivity index is 2.13. The van der Waals surface area contributed by atoms with Gasteiger partial charge in [-0.3, -0.25) is 9.59 Å². The van der Waals surface area contributed by atoms with Crippen LogP contribution in [0.1, 0.15) is 35.2 Å². The zero-order valence-electron chi connectivity index (χ0n) is 10.5. The van der Waals surface area contributed by atoms with Gasteiger partial charge in [0.15, 0.2) is 0 Å². The number of aryl methyl sites for hydroxylation is 1. The number of aliphatic hydroxyl groups excluding tert-OH is 1. The third-order valence-corrected chi connectivity index (χ3v) is 3.17. The molecule has 1 N–H and O–H groups in total. The number of carbonyl (C=O) groups is 2. The second-order valence-electron chi connectivity index (χ2n) is 4.59. The van der Waals surface area contributed by atoms with Crippen LogP contribution in [0.25, 0.3) is 0 Å². The smallest absolute Gasteiger partial charge is 0.299 e. The SMILES string of the molecule is Cc1ccc2c(c1)C(=O)C(=O)N2CCCCCO. The Morgan fingerprint density at radius 1 is 1.17 bits per heavy atom. The maximum atomic E-state index is 11.9. The van der Waals surface area contributed by atoms with Crippen molar-refractivity contribution in [3.63, 3.8) is 0 Å². The topological polar surface area (TPSA) is 57.6 Å². The summed E-state index contributed by atoms with van der Waals surface area (Å²) in [6, 6.07) is 5.51. The van der Waals surface area contributed by atoms with Gasteiger partial charge in [0.05, 0.1) is 11.3 Å². The zero-order valence-corrected chi connectivity index (χ0v) is 10.5. The van der Waals surface area contributed by atoms with Gasteiger partial charge in [0.25, 0.3) is 11.7 Å². The molecule has 4 nitrogen and oxygen atoms in total. The molecule has 0 aromatic heterocycles. The fraction of sp³-hybridized carbons (Fsp3) is 0.429. The van der Waals surface area contributed by atoms with Crippen molar-refractivity contribution in [2.75, 3.05) is 18.1 Å². The van der Waals surface area contributed by atoms with Gasteiger partial charge in [0.1, 0.15) is 0 Å². The van der Waals surface area contributed by atoms with E-state index in [2.05, 4.69) is 0 Å². The molecule has 2 rings (SSSR count). The molecule has 0 aliphatic carbocycles. The lowest BCUT2D eigenvalue weighted by Gasteiger charge is -2.16. The fourth-order valence-corrected chi connectivity index (χ4v) is 2.19. The van der Waals surface area contributed by atoms with Gasteiger partial charge in [0, 0.05) is 13.2 Å². The molecular weight excluding hydrogens is 230 g/mol. The highest BCUT2D eigenvalue weighted by Gasteiger charge is 2.35. The average Bonchev–Trinajstić information content (AvgIpc) is 2.59. The molecule has 96 valence electrons. The molecule has 1 aromatic rings. The number of anilines is 1. The lowest BCUT2D eigenvalue weighted by molar-refractivity contribution is -0.114. The predicted octanol–water partition coefficient (Wildman–Crippen LogP) is 1.69. The number of ketones is 1. The van der Waals surface area contributed by atoms with Gasteiger partial charge in [-0.25, -0.2) is 0 Å². The average molecular weight is 247 g/mol. The molecule has 0 bridgehead atoms. The zero-order chi connectivity index (χ0) is 13.1. The normalized spacial score (nSPS) is 14.2. The van der Waals surface area contributed by atoms with Crippen molar-refractivity contribution in [3.8, 4) is 0 Å². The highest BCUT2D eigenvalue weighted by Crippen LogP contribution is 2.29. The number of hydrogen-bond donors (Lipinski definition) is 1. The van der Waals surface area contributed by atoms with Gasteiger partial charge < -0.3 is 10.0 Å². The molecule has 1 heterocycles. The highest BCUT2D eigenvalue weighted by molar-refractivity contribution is 6.52. The van der Waals surface area contributed by atoms with Crippen molar-refractivity contribution in [2.24, 2.45) is 0 Å². The van der Waals surface area contributed by atoms with E-state index in [9.17, 15) is 9.59 Å². The summed E-state index contributed by atoms with van der Waals surface area (Å²) in [5.41, 5.74) is 2.22. The maximum Gasteiger partial charge on any atom is 0.299 e. The number of fused-ring (bicyclic) bond motifs is 1. The summed E-state index contributed by atoms with van der Waals surface area (Å²) in [4.78, 5) is 25.2. The third kappa shape index (κ3) is 2.29. The van der Waals surface area contributed by atoms with E-state index in [1.165, 1.54) is 0 Å². The second-order valence-corrected chi connectivity index (χ2v) is 4.59. The molecule has 0 fully saturated rings. The first-order valence-corrected chi connectivity index (χ1v) is 6.23. The summed E-state index contributed by atoms with van der Waals surface area (Å²) in [6.45, 7) is 2.62. The summed E-state index contributed by atoms with van der Waals surface area (Å²) in [6.07, 6.45) is 2.39. The number of hydrogen-bond acceptors (Lipinski definition) is 3. The molecule has 1 aromatic carbocycles. The van der Waals surface area contributed by atoms with E-state index < -0.39 is 11.7 Å². The summed E-state index contributed by atoms with van der Waals surface area (Å²) in [5.74, 6) is -0.838. The summed E-state index contributed by atoms with van der Waals surface area (Å²) >= 11 is 0. The van der Waals surface area contributed by atoms with E-state index in [-0.39, 0.29) is 6.61 Å². The minimum Gasteiger partial charge on any atom is -0.396 e. The molecule has 0 saturated heterocycles. The van der Waals surface area contributed by atoms with Crippen LogP contribution in [0.4, 0.5) is 5.69 Å². The minimum absolute atomic E-state index is 0.169. The molecular formula is C14H17NO3. The van der Waals surface area contributed by atoms with Crippen molar-refractivity contribution < 1.29 is 14.7 Å². The van der Waals surface area contributed by atoms with Gasteiger partial charge in [-0.15, -0.1) is 0 Å². The van der Waals surface area contributed by atoms with Crippen molar-refractivity contribution >= 4 is 17.4 Å². The summed E-state index contributed by atoms with van der Waals surface area (Å²) in [5, 5.41) is 8.71. The first-order valence-electron chi connectivity index (χ1n) is 6.23. The molecule has 0 radical (unpaired) electrons. The lowest BCUT2D eigenvalue weighted by atomic mass is 10.1. The van der Waals surface area contributed by atoms with Crippen LogP contribution >= 0.6 is 0 Å². The Kier molecular flexibility index (Phi) is 3.77. The Hall–Kier alpha value is -1.68. The predicted molar refractivity (Wildman–Crippen MR) is 68.8 cm³/mol. The van der Waals surface area contributed by atoms with E-state index in [0.717, 1.165) is 30.5 Å². The van der Waals surface area contributed by atoms with Gasteiger partial charge in [-0.05, 0) is 38.3 Å². The van der Waals surface area contributed by atoms with Gasteiger partial charge in [-0.2, -0.15) is 0 Å². The molecule has 0 unspecified atom stereocenters.